The van der Waals surface area contributed by atoms with E-state index in [1.165, 1.54) is 16.7 Å². The number of amides is 4. The van der Waals surface area contributed by atoms with Crippen LogP contribution in [-0.4, -0.2) is 116 Å². The monoisotopic (exact) mass is 862 g/mol. The number of carbonyl (C=O) groups is 4. The van der Waals surface area contributed by atoms with Gasteiger partial charge in [0.15, 0.2) is 0 Å². The zero-order chi connectivity index (χ0) is 43.0. The number of allylic oxidation sites excluding steroid dienone is 1. The minimum atomic E-state index is -3.92. The summed E-state index contributed by atoms with van der Waals surface area (Å²) < 4.78 is 45.9. The fourth-order valence-corrected chi connectivity index (χ4v) is 9.95. The number of aromatic nitrogens is 1. The van der Waals surface area contributed by atoms with Gasteiger partial charge in [0.05, 0.1) is 24.6 Å². The highest BCUT2D eigenvalue weighted by Gasteiger charge is 2.62. The van der Waals surface area contributed by atoms with Crippen molar-refractivity contribution in [1.29, 1.82) is 0 Å². The first-order chi connectivity index (χ1) is 28.5. The number of alkyl carbamates (subject to hydrolysis) is 1. The lowest BCUT2D eigenvalue weighted by Crippen LogP contribution is -2.58. The molecule has 17 heteroatoms. The zero-order valence-electron chi connectivity index (χ0n) is 34.9. The van der Waals surface area contributed by atoms with E-state index in [0.29, 0.717) is 41.8 Å². The van der Waals surface area contributed by atoms with Gasteiger partial charge in [0.1, 0.15) is 35.1 Å². The second kappa shape index (κ2) is 17.1. The van der Waals surface area contributed by atoms with Crippen molar-refractivity contribution in [2.24, 2.45) is 5.92 Å². The molecule has 3 heterocycles. The molecule has 2 saturated carbocycles. The molecule has 15 nitrogen and oxygen atoms in total. The molecule has 3 aromatic rings. The Kier molecular flexibility index (Phi) is 12.3. The van der Waals surface area contributed by atoms with E-state index in [1.54, 1.807) is 33.9 Å². The molecule has 3 fully saturated rings. The molecule has 60 heavy (non-hydrogen) atoms. The highest BCUT2D eigenvalue weighted by Crippen LogP contribution is 2.46. The average molecular weight is 863 g/mol. The molecule has 0 spiro atoms. The van der Waals surface area contributed by atoms with E-state index in [2.05, 4.69) is 15.4 Å². The number of thioether (sulfide) groups is 1. The van der Waals surface area contributed by atoms with Crippen LogP contribution in [0, 0.1) is 5.92 Å². The fraction of sp³-hybridized carbons (Fsp3) is 0.512. The highest BCUT2D eigenvalue weighted by molar-refractivity contribution is 7.99. The van der Waals surface area contributed by atoms with Crippen LogP contribution in [0.15, 0.2) is 60.7 Å². The molecule has 7 rings (SSSR count). The van der Waals surface area contributed by atoms with E-state index in [-0.39, 0.29) is 31.0 Å². The van der Waals surface area contributed by atoms with Crippen LogP contribution >= 0.6 is 11.8 Å². The first kappa shape index (κ1) is 43.1. The fourth-order valence-electron chi connectivity index (χ4n) is 7.59. The maximum absolute atomic E-state index is 14.7. The Morgan fingerprint density at radius 3 is 2.50 bits per heavy atom. The second-order valence-electron chi connectivity index (χ2n) is 17.1. The molecule has 2 aliphatic heterocycles. The summed E-state index contributed by atoms with van der Waals surface area (Å²) in [6.07, 6.45) is 4.82. The third kappa shape index (κ3) is 9.78. The normalized spacial score (nSPS) is 24.9. The van der Waals surface area contributed by atoms with Crippen LogP contribution in [0.5, 0.6) is 11.6 Å². The molecule has 4 amide bonds. The average Bonchev–Trinajstić information content (AvgIpc) is 4.12. The van der Waals surface area contributed by atoms with Gasteiger partial charge in [-0.05, 0) is 100 Å². The Morgan fingerprint density at radius 1 is 1.07 bits per heavy atom. The lowest BCUT2D eigenvalue weighted by atomic mass is 10.1. The van der Waals surface area contributed by atoms with Crippen LogP contribution in [0.25, 0.3) is 22.0 Å². The number of methoxy groups -OCH3 is 1. The summed E-state index contributed by atoms with van der Waals surface area (Å²) >= 11 is 1.49. The van der Waals surface area contributed by atoms with E-state index in [4.69, 9.17) is 19.2 Å². The highest BCUT2D eigenvalue weighted by atomic mass is 32.2. The van der Waals surface area contributed by atoms with Crippen LogP contribution in [-0.2, 0) is 29.1 Å². The number of hydrogen-bond acceptors (Lipinski definition) is 12. The van der Waals surface area contributed by atoms with Gasteiger partial charge in [-0.25, -0.2) is 18.2 Å². The summed E-state index contributed by atoms with van der Waals surface area (Å²) in [6, 6.07) is 13.2. The number of rotatable bonds is 9. The quantitative estimate of drug-likeness (QED) is 0.251. The van der Waals surface area contributed by atoms with E-state index >= 15 is 0 Å². The Hall–Kier alpha value is -5.03. The van der Waals surface area contributed by atoms with Crippen LogP contribution in [0.3, 0.4) is 0 Å². The summed E-state index contributed by atoms with van der Waals surface area (Å²) in [4.78, 5) is 64.6. The molecule has 1 aromatic heterocycles. The van der Waals surface area contributed by atoms with Crippen molar-refractivity contribution in [1.82, 2.24) is 25.2 Å². The molecule has 2 aliphatic carbocycles. The maximum atomic E-state index is 14.7. The van der Waals surface area contributed by atoms with Gasteiger partial charge in [0.2, 0.25) is 27.7 Å². The van der Waals surface area contributed by atoms with Crippen LogP contribution in [0.4, 0.5) is 10.5 Å². The Morgan fingerprint density at radius 2 is 1.82 bits per heavy atom. The number of benzene rings is 2. The van der Waals surface area contributed by atoms with Crippen LogP contribution in [0.1, 0.15) is 59.3 Å². The summed E-state index contributed by atoms with van der Waals surface area (Å²) in [7, 11) is 1.60. The molecule has 5 atom stereocenters. The zero-order valence-corrected chi connectivity index (χ0v) is 36.5. The van der Waals surface area contributed by atoms with E-state index in [9.17, 15) is 27.6 Å². The van der Waals surface area contributed by atoms with E-state index in [0.717, 1.165) is 23.1 Å². The number of pyridine rings is 1. The predicted molar refractivity (Wildman–Crippen MR) is 231 cm³/mol. The lowest BCUT2D eigenvalue weighted by molar-refractivity contribution is -0.140. The molecule has 2 unspecified atom stereocenters. The molecule has 1 saturated heterocycles. The van der Waals surface area contributed by atoms with E-state index in [1.807, 2.05) is 73.6 Å². The van der Waals surface area contributed by atoms with Crippen LogP contribution < -0.4 is 29.7 Å². The number of carbonyl (C=O) groups excluding carboxylic acids is 4. The Labute approximate surface area is 355 Å². The van der Waals surface area contributed by atoms with Gasteiger partial charge in [0, 0.05) is 48.8 Å². The largest absolute Gasteiger partial charge is 0.497 e. The number of sulfonamides is 1. The number of ether oxygens (including phenoxy) is 3. The third-order valence-corrected chi connectivity index (χ3v) is 14.0. The van der Waals surface area contributed by atoms with Crippen molar-refractivity contribution in [3.05, 3.63) is 60.7 Å². The molecule has 3 N–H and O–H groups in total. The number of fused-ring (bicyclic) bond motifs is 3. The summed E-state index contributed by atoms with van der Waals surface area (Å²) in [5.41, 5.74) is 0.146. The van der Waals surface area contributed by atoms with Gasteiger partial charge in [-0.3, -0.25) is 19.1 Å². The van der Waals surface area contributed by atoms with Crippen LogP contribution in [0.2, 0.25) is 0 Å². The van der Waals surface area contributed by atoms with Gasteiger partial charge in [-0.2, -0.15) is 11.8 Å². The minimum Gasteiger partial charge on any atom is -0.497 e. The first-order valence-electron chi connectivity index (χ1n) is 20.3. The smallest absolute Gasteiger partial charge is 0.408 e. The number of anilines is 1. The van der Waals surface area contributed by atoms with Gasteiger partial charge in [-0.15, -0.1) is 0 Å². The number of nitrogens with zero attached hydrogens (tertiary/aromatic N) is 3. The van der Waals surface area contributed by atoms with Gasteiger partial charge < -0.3 is 34.6 Å². The summed E-state index contributed by atoms with van der Waals surface area (Å²) in [6.45, 7) is 5.13. The maximum Gasteiger partial charge on any atom is 0.408 e. The molecular weight excluding hydrogens is 809 g/mol. The van der Waals surface area contributed by atoms with Gasteiger partial charge >= 0.3 is 6.09 Å². The second-order valence-corrected chi connectivity index (χ2v) is 20.2. The van der Waals surface area contributed by atoms with Crippen molar-refractivity contribution >= 4 is 62.1 Å². The third-order valence-electron chi connectivity index (χ3n) is 11.1. The van der Waals surface area contributed by atoms with Crippen molar-refractivity contribution in [3.63, 3.8) is 0 Å². The Bertz CT molecular complexity index is 2280. The summed E-state index contributed by atoms with van der Waals surface area (Å²) in [5.74, 6) is -0.594. The summed E-state index contributed by atoms with van der Waals surface area (Å²) in [5, 5.41) is 6.49. The number of hydrogen-bond donors (Lipinski definition) is 3. The predicted octanol–water partition coefficient (Wildman–Crippen LogP) is 4.78. The van der Waals surface area contributed by atoms with E-state index < -0.39 is 74.3 Å². The molecule has 2 aromatic carbocycles. The van der Waals surface area contributed by atoms with Gasteiger partial charge in [-0.1, -0.05) is 24.3 Å². The molecule has 322 valence electrons. The van der Waals surface area contributed by atoms with Crippen molar-refractivity contribution in [2.45, 2.75) is 93.9 Å². The number of nitrogens with one attached hydrogen (secondary N) is 3. The molecular formula is C43H54N6O9S2. The molecule has 4 aliphatic rings. The first-order valence-corrected chi connectivity index (χ1v) is 23.0. The molecule has 0 bridgehead atoms. The SMILES string of the molecule is COc1ccc2c(OC3C[C@H]4C(=O)N[C@]5(C(=O)NS(=O)(=O)C6CC6)CC5C=CCCCSC[C@H](NC(=O)OC(C)(C)C)C(=O)N4C3)nc(-c3ccc(N(C)C)cc3)cc2c1. The topological polar surface area (TPSA) is 186 Å². The lowest BCUT2D eigenvalue weighted by Gasteiger charge is -2.30. The Balaban J connectivity index is 1.23. The van der Waals surface area contributed by atoms with Crippen molar-refractivity contribution < 1.29 is 41.8 Å². The van der Waals surface area contributed by atoms with Gasteiger partial charge in [0.25, 0.3) is 5.91 Å². The minimum absolute atomic E-state index is 0.0174. The van der Waals surface area contributed by atoms with Crippen molar-refractivity contribution in [3.8, 4) is 22.9 Å². The van der Waals surface area contributed by atoms with Crippen molar-refractivity contribution in [2.75, 3.05) is 44.2 Å². The molecule has 0 radical (unpaired) electrons. The standard InChI is InChI=1S/C43H54N6O9S2/c1-42(2,3)58-41(53)45-35-25-59-19-9-7-8-10-28-23-43(28,40(52)47-60(54,55)32-16-17-32)46-37(50)36-22-31(24-49(36)39(35)51)57-38-33-18-15-30(56-6)20-27(33)21-34(44-38)26-11-13-29(14-12-26)48(4)5/h8,10-15,18,20-21,28,31-32,35-36H,7,9,16-17,19,22-25H2,1-6H3,(H,45,53)(H,46,50)(H,47,52)/t28?,31?,35-,36-,43+/m0/s1.